The first-order valence-corrected chi connectivity index (χ1v) is 11.7. The molecule has 1 aromatic carbocycles. The molecule has 2 saturated carbocycles. The largest absolute Gasteiger partial charge is 0.393 e. The van der Waals surface area contributed by atoms with Gasteiger partial charge in [-0.05, 0) is 103 Å². The van der Waals surface area contributed by atoms with Gasteiger partial charge in [-0.2, -0.15) is 0 Å². The van der Waals surface area contributed by atoms with E-state index >= 15 is 0 Å². The first-order chi connectivity index (χ1) is 13.9. The Morgan fingerprint density at radius 1 is 1.03 bits per heavy atom. The molecule has 0 saturated heterocycles. The molecule has 0 bridgehead atoms. The maximum Gasteiger partial charge on any atom is 0.123 e. The molecular formula is C27H35FO. The quantitative estimate of drug-likeness (QED) is 0.548. The van der Waals surface area contributed by atoms with Crippen LogP contribution in [-0.2, 0) is 0 Å². The average molecular weight is 395 g/mol. The van der Waals surface area contributed by atoms with Gasteiger partial charge in [0.15, 0.2) is 0 Å². The van der Waals surface area contributed by atoms with Crippen LogP contribution in [0, 0.1) is 40.3 Å². The Kier molecular flexibility index (Phi) is 4.59. The van der Waals surface area contributed by atoms with Crippen molar-refractivity contribution in [2.24, 2.45) is 34.5 Å². The van der Waals surface area contributed by atoms with Gasteiger partial charge >= 0.3 is 0 Å². The van der Waals surface area contributed by atoms with Crippen molar-refractivity contribution in [3.05, 3.63) is 53.4 Å². The van der Waals surface area contributed by atoms with Crippen molar-refractivity contribution in [2.45, 2.75) is 71.8 Å². The van der Waals surface area contributed by atoms with E-state index in [1.807, 2.05) is 12.1 Å². The third kappa shape index (κ3) is 2.81. The molecule has 0 radical (unpaired) electrons. The smallest absolute Gasteiger partial charge is 0.123 e. The molecule has 156 valence electrons. The van der Waals surface area contributed by atoms with Crippen LogP contribution in [0.1, 0.15) is 71.3 Å². The van der Waals surface area contributed by atoms with Crippen LogP contribution in [0.4, 0.5) is 4.39 Å². The summed E-state index contributed by atoms with van der Waals surface area (Å²) in [4.78, 5) is 0. The fraction of sp³-hybridized carbons (Fsp3) is 0.630. The van der Waals surface area contributed by atoms with E-state index in [4.69, 9.17) is 0 Å². The van der Waals surface area contributed by atoms with Crippen molar-refractivity contribution in [1.29, 1.82) is 0 Å². The Bertz CT molecular complexity index is 852. The van der Waals surface area contributed by atoms with Gasteiger partial charge in [0.2, 0.25) is 0 Å². The molecule has 0 aromatic heterocycles. The van der Waals surface area contributed by atoms with E-state index < -0.39 is 0 Å². The van der Waals surface area contributed by atoms with Crippen molar-refractivity contribution in [1.82, 2.24) is 0 Å². The molecule has 0 amide bonds. The second-order valence-electron chi connectivity index (χ2n) is 10.7. The molecule has 1 aromatic rings. The Morgan fingerprint density at radius 2 is 1.76 bits per heavy atom. The number of hydrogen-bond donors (Lipinski definition) is 1. The second kappa shape index (κ2) is 6.80. The molecule has 2 fully saturated rings. The topological polar surface area (TPSA) is 20.2 Å². The molecule has 2 heteroatoms. The average Bonchev–Trinajstić information content (AvgIpc) is 3.06. The highest BCUT2D eigenvalue weighted by Crippen LogP contribution is 2.67. The zero-order valence-corrected chi connectivity index (χ0v) is 18.1. The van der Waals surface area contributed by atoms with E-state index in [0.717, 1.165) is 37.5 Å². The Morgan fingerprint density at radius 3 is 2.48 bits per heavy atom. The molecule has 1 N–H and O–H groups in total. The minimum atomic E-state index is -0.152. The molecule has 29 heavy (non-hydrogen) atoms. The van der Waals surface area contributed by atoms with Crippen LogP contribution in [0.5, 0.6) is 0 Å². The van der Waals surface area contributed by atoms with Gasteiger partial charge in [-0.25, -0.2) is 4.39 Å². The summed E-state index contributed by atoms with van der Waals surface area (Å²) in [6, 6.07) is 7.16. The summed E-state index contributed by atoms with van der Waals surface area (Å²) in [7, 11) is 0. The van der Waals surface area contributed by atoms with E-state index in [1.165, 1.54) is 30.4 Å². The highest BCUT2D eigenvalue weighted by Gasteiger charge is 2.58. The van der Waals surface area contributed by atoms with Gasteiger partial charge in [-0.1, -0.05) is 50.6 Å². The number of halogens is 1. The normalized spacial score (nSPS) is 43.7. The van der Waals surface area contributed by atoms with Gasteiger partial charge in [0.1, 0.15) is 5.82 Å². The van der Waals surface area contributed by atoms with Crippen molar-refractivity contribution in [2.75, 3.05) is 0 Å². The third-order valence-corrected chi connectivity index (χ3v) is 9.45. The molecule has 0 unspecified atom stereocenters. The molecule has 4 aliphatic carbocycles. The van der Waals surface area contributed by atoms with Crippen LogP contribution in [-0.4, -0.2) is 11.2 Å². The minimum absolute atomic E-state index is 0.143. The zero-order valence-electron chi connectivity index (χ0n) is 18.1. The van der Waals surface area contributed by atoms with Crippen LogP contribution < -0.4 is 0 Å². The van der Waals surface area contributed by atoms with Crippen molar-refractivity contribution in [3.63, 3.8) is 0 Å². The van der Waals surface area contributed by atoms with Crippen LogP contribution in [0.3, 0.4) is 0 Å². The van der Waals surface area contributed by atoms with Crippen molar-refractivity contribution < 1.29 is 9.50 Å². The highest BCUT2D eigenvalue weighted by molar-refractivity contribution is 5.73. The van der Waals surface area contributed by atoms with E-state index in [9.17, 15) is 9.50 Å². The molecule has 1 nitrogen and oxygen atoms in total. The molecule has 5 rings (SSSR count). The van der Waals surface area contributed by atoms with E-state index in [-0.39, 0.29) is 22.8 Å². The Balaban J connectivity index is 1.52. The Labute approximate surface area is 175 Å². The molecule has 0 aliphatic heterocycles. The molecule has 7 atom stereocenters. The second-order valence-corrected chi connectivity index (χ2v) is 10.7. The lowest BCUT2D eigenvalue weighted by atomic mass is 9.45. The fourth-order valence-electron chi connectivity index (χ4n) is 7.84. The summed E-state index contributed by atoms with van der Waals surface area (Å²) in [5, 5.41) is 10.3. The number of fused-ring (bicyclic) bond motifs is 5. The fourth-order valence-corrected chi connectivity index (χ4v) is 7.84. The number of hydrogen-bond acceptors (Lipinski definition) is 1. The SMILES string of the molecule is CC[C@@H]1C=C2C[C@@H](O)CC[C@]2(C)[C@H]2CC[C@]3(C)C(c4ccc(F)cc4)=CC[C@H]3[C@H]12. The summed E-state index contributed by atoms with van der Waals surface area (Å²) < 4.78 is 13.5. The number of benzene rings is 1. The molecule has 4 aliphatic rings. The summed E-state index contributed by atoms with van der Waals surface area (Å²) >= 11 is 0. The predicted octanol–water partition coefficient (Wildman–Crippen LogP) is 6.78. The maximum atomic E-state index is 13.5. The Hall–Kier alpha value is -1.41. The summed E-state index contributed by atoms with van der Waals surface area (Å²) in [6.45, 7) is 7.32. The highest BCUT2D eigenvalue weighted by atomic mass is 19.1. The first kappa shape index (κ1) is 19.5. The van der Waals surface area contributed by atoms with Gasteiger partial charge in [0.05, 0.1) is 6.10 Å². The van der Waals surface area contributed by atoms with Crippen LogP contribution >= 0.6 is 0 Å². The maximum absolute atomic E-state index is 13.5. The lowest BCUT2D eigenvalue weighted by molar-refractivity contribution is -0.0464. The van der Waals surface area contributed by atoms with Gasteiger partial charge in [0, 0.05) is 0 Å². The van der Waals surface area contributed by atoms with Crippen molar-refractivity contribution >= 4 is 5.57 Å². The summed E-state index contributed by atoms with van der Waals surface area (Å²) in [5.41, 5.74) is 4.69. The minimum Gasteiger partial charge on any atom is -0.393 e. The van der Waals surface area contributed by atoms with Crippen LogP contribution in [0.25, 0.3) is 5.57 Å². The van der Waals surface area contributed by atoms with Gasteiger partial charge in [0.25, 0.3) is 0 Å². The first-order valence-electron chi connectivity index (χ1n) is 11.7. The van der Waals surface area contributed by atoms with E-state index in [2.05, 4.69) is 32.9 Å². The predicted molar refractivity (Wildman–Crippen MR) is 117 cm³/mol. The van der Waals surface area contributed by atoms with E-state index in [0.29, 0.717) is 11.8 Å². The molecule has 0 heterocycles. The number of rotatable bonds is 2. The lowest BCUT2D eigenvalue weighted by Gasteiger charge is -2.60. The number of aliphatic hydroxyl groups is 1. The zero-order chi connectivity index (χ0) is 20.4. The van der Waals surface area contributed by atoms with Crippen LogP contribution in [0.15, 0.2) is 42.0 Å². The number of allylic oxidation sites excluding steroid dienone is 3. The van der Waals surface area contributed by atoms with Gasteiger partial charge < -0.3 is 5.11 Å². The van der Waals surface area contributed by atoms with Crippen LogP contribution in [0.2, 0.25) is 0 Å². The van der Waals surface area contributed by atoms with E-state index in [1.54, 1.807) is 17.7 Å². The lowest BCUT2D eigenvalue weighted by Crippen LogP contribution is -2.52. The standard InChI is InChI=1S/C27H35FO/c1-4-17-15-19-16-21(29)11-13-26(19,2)24-12-14-27(3)22(9-10-23(27)25(17)24)18-5-7-20(28)8-6-18/h5-9,15,17,21,23-25,29H,4,10-14,16H2,1-3H3/t17-,21+,23+,24+,25+,26+,27-/m1/s1. The monoisotopic (exact) mass is 394 g/mol. The summed E-state index contributed by atoms with van der Waals surface area (Å²) in [5.74, 6) is 2.60. The molecular weight excluding hydrogens is 359 g/mol. The van der Waals surface area contributed by atoms with Crippen molar-refractivity contribution in [3.8, 4) is 0 Å². The number of aliphatic hydroxyl groups excluding tert-OH is 1. The third-order valence-electron chi connectivity index (χ3n) is 9.45. The van der Waals surface area contributed by atoms with Gasteiger partial charge in [-0.15, -0.1) is 0 Å². The van der Waals surface area contributed by atoms with Gasteiger partial charge in [-0.3, -0.25) is 0 Å². The summed E-state index contributed by atoms with van der Waals surface area (Å²) in [6.07, 6.45) is 12.7. The molecule has 0 spiro atoms.